The smallest absolute Gasteiger partial charge is 0.269 e. The van der Waals surface area contributed by atoms with E-state index in [9.17, 15) is 19.7 Å². The number of nitro groups is 1. The van der Waals surface area contributed by atoms with Crippen molar-refractivity contribution in [1.29, 1.82) is 0 Å². The quantitative estimate of drug-likeness (QED) is 0.353. The third-order valence-corrected chi connectivity index (χ3v) is 6.49. The van der Waals surface area contributed by atoms with Crippen LogP contribution < -0.4 is 5.32 Å². The number of carbonyl (C=O) groups is 2. The number of rotatable bonds is 12. The Labute approximate surface area is 200 Å². The van der Waals surface area contributed by atoms with Crippen LogP contribution in [0.3, 0.4) is 0 Å². The molecule has 0 aliphatic carbocycles. The molecule has 7 nitrogen and oxygen atoms in total. The number of thioether (sulfide) groups is 1. The van der Waals surface area contributed by atoms with E-state index in [1.165, 1.54) is 23.9 Å². The molecule has 8 heteroatoms. The van der Waals surface area contributed by atoms with Crippen LogP contribution in [0.2, 0.25) is 0 Å². The van der Waals surface area contributed by atoms with Crippen molar-refractivity contribution in [3.8, 4) is 0 Å². The van der Waals surface area contributed by atoms with Crippen molar-refractivity contribution in [3.05, 3.63) is 75.3 Å². The molecule has 33 heavy (non-hydrogen) atoms. The fourth-order valence-corrected chi connectivity index (χ4v) is 4.17. The standard InChI is InChI=1S/C25H33N3O4S/c1-5-19(4)26-25(30)23(6-2)27(15-20-9-7-18(3)8-10-20)24(29)17-33-16-21-11-13-22(14-12-21)28(31)32/h7-14,19,23H,5-6,15-17H2,1-4H3,(H,26,30)/t19-,23-/m1/s1. The van der Waals surface area contributed by atoms with Crippen LogP contribution >= 0.6 is 11.8 Å². The lowest BCUT2D eigenvalue weighted by atomic mass is 10.1. The lowest BCUT2D eigenvalue weighted by Gasteiger charge is -2.31. The molecule has 0 bridgehead atoms. The number of benzene rings is 2. The zero-order chi connectivity index (χ0) is 24.4. The molecule has 0 aliphatic rings. The van der Waals surface area contributed by atoms with E-state index in [2.05, 4.69) is 5.32 Å². The van der Waals surface area contributed by atoms with E-state index < -0.39 is 11.0 Å². The second kappa shape index (κ2) is 13.0. The molecule has 2 amide bonds. The van der Waals surface area contributed by atoms with Crippen molar-refractivity contribution < 1.29 is 14.5 Å². The molecule has 0 spiro atoms. The number of non-ortho nitro benzene ring substituents is 1. The molecule has 1 N–H and O–H groups in total. The first-order valence-corrected chi connectivity index (χ1v) is 12.4. The molecular weight excluding hydrogens is 438 g/mol. The molecule has 0 saturated heterocycles. The highest BCUT2D eigenvalue weighted by atomic mass is 32.2. The normalized spacial score (nSPS) is 12.6. The second-order valence-electron chi connectivity index (χ2n) is 8.17. The van der Waals surface area contributed by atoms with Crippen LogP contribution in [-0.2, 0) is 21.9 Å². The molecule has 0 aromatic heterocycles. The molecular formula is C25H33N3O4S. The highest BCUT2D eigenvalue weighted by Crippen LogP contribution is 2.19. The summed E-state index contributed by atoms with van der Waals surface area (Å²) in [4.78, 5) is 38.2. The van der Waals surface area contributed by atoms with E-state index in [4.69, 9.17) is 0 Å². The van der Waals surface area contributed by atoms with Gasteiger partial charge in [-0.3, -0.25) is 19.7 Å². The number of carbonyl (C=O) groups excluding carboxylic acids is 2. The number of nitro benzene ring substituents is 1. The van der Waals surface area contributed by atoms with Crippen molar-refractivity contribution in [2.75, 3.05) is 5.75 Å². The molecule has 0 aliphatic heterocycles. The third-order valence-electron chi connectivity index (χ3n) is 5.50. The van der Waals surface area contributed by atoms with Gasteiger partial charge >= 0.3 is 0 Å². The Hall–Kier alpha value is -2.87. The van der Waals surface area contributed by atoms with E-state index >= 15 is 0 Å². The van der Waals surface area contributed by atoms with E-state index in [1.54, 1.807) is 17.0 Å². The number of hydrogen-bond acceptors (Lipinski definition) is 5. The maximum atomic E-state index is 13.2. The van der Waals surface area contributed by atoms with E-state index in [-0.39, 0.29) is 29.3 Å². The Balaban J connectivity index is 2.11. The van der Waals surface area contributed by atoms with Crippen molar-refractivity contribution in [2.24, 2.45) is 0 Å². The van der Waals surface area contributed by atoms with Crippen molar-refractivity contribution in [3.63, 3.8) is 0 Å². The lowest BCUT2D eigenvalue weighted by Crippen LogP contribution is -2.51. The molecule has 178 valence electrons. The SMILES string of the molecule is CC[C@@H](C)NC(=O)[C@@H](CC)N(Cc1ccc(C)cc1)C(=O)CSCc1ccc([N+](=O)[O-])cc1. The average Bonchev–Trinajstić information content (AvgIpc) is 2.80. The van der Waals surface area contributed by atoms with Gasteiger partial charge in [0.1, 0.15) is 6.04 Å². The summed E-state index contributed by atoms with van der Waals surface area (Å²) in [7, 11) is 0. The predicted molar refractivity (Wildman–Crippen MR) is 133 cm³/mol. The van der Waals surface area contributed by atoms with E-state index in [1.807, 2.05) is 52.0 Å². The van der Waals surface area contributed by atoms with Crippen LogP contribution in [0, 0.1) is 17.0 Å². The van der Waals surface area contributed by atoms with Crippen LogP contribution in [0.5, 0.6) is 0 Å². The summed E-state index contributed by atoms with van der Waals surface area (Å²) in [6.45, 7) is 8.26. The fourth-order valence-electron chi connectivity index (χ4n) is 3.30. The zero-order valence-electron chi connectivity index (χ0n) is 19.7. The summed E-state index contributed by atoms with van der Waals surface area (Å²) in [5.41, 5.74) is 3.06. The summed E-state index contributed by atoms with van der Waals surface area (Å²) < 4.78 is 0. The highest BCUT2D eigenvalue weighted by molar-refractivity contribution is 7.99. The van der Waals surface area contributed by atoms with Gasteiger partial charge in [0.25, 0.3) is 5.69 Å². The summed E-state index contributed by atoms with van der Waals surface area (Å²) in [6.07, 6.45) is 1.34. The van der Waals surface area contributed by atoms with Gasteiger partial charge in [0.2, 0.25) is 11.8 Å². The maximum absolute atomic E-state index is 13.2. The molecule has 2 aromatic rings. The highest BCUT2D eigenvalue weighted by Gasteiger charge is 2.29. The molecule has 0 saturated carbocycles. The van der Waals surface area contributed by atoms with Gasteiger partial charge in [-0.1, -0.05) is 55.8 Å². The molecule has 0 radical (unpaired) electrons. The predicted octanol–water partition coefficient (Wildman–Crippen LogP) is 4.86. The fraction of sp³-hybridized carbons (Fsp3) is 0.440. The Morgan fingerprint density at radius 3 is 2.18 bits per heavy atom. The summed E-state index contributed by atoms with van der Waals surface area (Å²) >= 11 is 1.44. The second-order valence-corrected chi connectivity index (χ2v) is 9.15. The summed E-state index contributed by atoms with van der Waals surface area (Å²) in [5.74, 6) is 0.537. The largest absolute Gasteiger partial charge is 0.352 e. The van der Waals surface area contributed by atoms with Gasteiger partial charge < -0.3 is 10.2 Å². The summed E-state index contributed by atoms with van der Waals surface area (Å²) in [5, 5.41) is 13.8. The molecule has 2 aromatic carbocycles. The van der Waals surface area contributed by atoms with Crippen LogP contribution in [0.1, 0.15) is 50.3 Å². The van der Waals surface area contributed by atoms with Gasteiger partial charge in [0, 0.05) is 30.5 Å². The first-order valence-electron chi connectivity index (χ1n) is 11.2. The van der Waals surface area contributed by atoms with Crippen LogP contribution in [-0.4, -0.2) is 39.5 Å². The third kappa shape index (κ3) is 8.20. The van der Waals surface area contributed by atoms with Gasteiger partial charge in [-0.2, -0.15) is 0 Å². The molecule has 0 heterocycles. The first-order chi connectivity index (χ1) is 15.7. The van der Waals surface area contributed by atoms with Crippen LogP contribution in [0.25, 0.3) is 0 Å². The van der Waals surface area contributed by atoms with Gasteiger partial charge in [0.05, 0.1) is 10.7 Å². The average molecular weight is 472 g/mol. The van der Waals surface area contributed by atoms with Crippen molar-refractivity contribution >= 4 is 29.3 Å². The van der Waals surface area contributed by atoms with Gasteiger partial charge in [-0.15, -0.1) is 11.8 Å². The minimum absolute atomic E-state index is 0.0411. The minimum atomic E-state index is -0.548. The van der Waals surface area contributed by atoms with Gasteiger partial charge in [-0.05, 0) is 37.8 Å². The van der Waals surface area contributed by atoms with Crippen LogP contribution in [0.4, 0.5) is 5.69 Å². The van der Waals surface area contributed by atoms with Crippen molar-refractivity contribution in [2.45, 2.75) is 64.9 Å². The monoisotopic (exact) mass is 471 g/mol. The molecule has 0 unspecified atom stereocenters. The maximum Gasteiger partial charge on any atom is 0.269 e. The molecule has 0 fully saturated rings. The molecule has 2 rings (SSSR count). The lowest BCUT2D eigenvalue weighted by molar-refractivity contribution is -0.384. The van der Waals surface area contributed by atoms with Crippen molar-refractivity contribution in [1.82, 2.24) is 10.2 Å². The topological polar surface area (TPSA) is 92.6 Å². The van der Waals surface area contributed by atoms with Crippen LogP contribution in [0.15, 0.2) is 48.5 Å². The van der Waals surface area contributed by atoms with E-state index in [0.717, 1.165) is 23.1 Å². The number of nitrogens with one attached hydrogen (secondary N) is 1. The zero-order valence-corrected chi connectivity index (χ0v) is 20.6. The first kappa shape index (κ1) is 26.4. The number of amides is 2. The summed E-state index contributed by atoms with van der Waals surface area (Å²) in [6, 6.07) is 13.8. The Morgan fingerprint density at radius 2 is 1.64 bits per heavy atom. The number of aryl methyl sites for hydroxylation is 1. The van der Waals surface area contributed by atoms with Gasteiger partial charge in [0.15, 0.2) is 0 Å². The number of hydrogen-bond donors (Lipinski definition) is 1. The number of nitrogens with zero attached hydrogens (tertiary/aromatic N) is 2. The van der Waals surface area contributed by atoms with Gasteiger partial charge in [-0.25, -0.2) is 0 Å². The van der Waals surface area contributed by atoms with E-state index in [0.29, 0.717) is 18.7 Å². The minimum Gasteiger partial charge on any atom is -0.352 e. The molecule has 2 atom stereocenters. The Kier molecular flexibility index (Phi) is 10.4. The Bertz CT molecular complexity index is 932. The Morgan fingerprint density at radius 1 is 1.03 bits per heavy atom.